The summed E-state index contributed by atoms with van der Waals surface area (Å²) in [5.41, 5.74) is 1.73. The van der Waals surface area contributed by atoms with Crippen molar-refractivity contribution in [2.75, 3.05) is 0 Å². The van der Waals surface area contributed by atoms with Crippen LogP contribution < -0.4 is 0 Å². The number of carbonyl (C=O) groups is 1. The van der Waals surface area contributed by atoms with E-state index in [9.17, 15) is 4.79 Å². The second kappa shape index (κ2) is 5.52. The van der Waals surface area contributed by atoms with Crippen molar-refractivity contribution >= 4 is 16.7 Å². The van der Waals surface area contributed by atoms with Gasteiger partial charge in [0, 0.05) is 23.6 Å². The zero-order valence-electron chi connectivity index (χ0n) is 11.1. The van der Waals surface area contributed by atoms with Crippen LogP contribution in [0.4, 0.5) is 0 Å². The standard InChI is InChI=1S/C17H19NO/c19-17(11-13-5-2-1-3-6-13)15-9-8-14-7-4-10-18-16(14)12-15/h4,7-10,12-13H,1-3,5-6,11H2. The minimum absolute atomic E-state index is 0.277. The van der Waals surface area contributed by atoms with Gasteiger partial charge < -0.3 is 0 Å². The molecule has 19 heavy (non-hydrogen) atoms. The van der Waals surface area contributed by atoms with Crippen LogP contribution in [0.15, 0.2) is 36.5 Å². The van der Waals surface area contributed by atoms with E-state index in [2.05, 4.69) is 4.98 Å². The molecule has 2 heteroatoms. The Labute approximate surface area is 113 Å². The van der Waals surface area contributed by atoms with Crippen molar-refractivity contribution in [2.45, 2.75) is 38.5 Å². The van der Waals surface area contributed by atoms with E-state index in [0.29, 0.717) is 12.3 Å². The maximum atomic E-state index is 12.3. The average molecular weight is 253 g/mol. The van der Waals surface area contributed by atoms with Crippen LogP contribution in [0.2, 0.25) is 0 Å². The lowest BCUT2D eigenvalue weighted by Crippen LogP contribution is -2.12. The monoisotopic (exact) mass is 253 g/mol. The lowest BCUT2D eigenvalue weighted by atomic mass is 9.85. The fourth-order valence-electron chi connectivity index (χ4n) is 3.01. The molecule has 2 nitrogen and oxygen atoms in total. The molecule has 0 spiro atoms. The van der Waals surface area contributed by atoms with E-state index in [-0.39, 0.29) is 5.78 Å². The molecule has 0 amide bonds. The molecule has 1 saturated carbocycles. The van der Waals surface area contributed by atoms with E-state index in [1.165, 1.54) is 32.1 Å². The topological polar surface area (TPSA) is 30.0 Å². The Morgan fingerprint density at radius 1 is 1.16 bits per heavy atom. The number of nitrogens with zero attached hydrogens (tertiary/aromatic N) is 1. The molecule has 0 aliphatic heterocycles. The first-order valence-electron chi connectivity index (χ1n) is 7.21. The van der Waals surface area contributed by atoms with Gasteiger partial charge in [0.1, 0.15) is 0 Å². The third-order valence-electron chi connectivity index (χ3n) is 4.13. The molecule has 1 fully saturated rings. The van der Waals surface area contributed by atoms with Crippen molar-refractivity contribution in [3.05, 3.63) is 42.1 Å². The van der Waals surface area contributed by atoms with Gasteiger partial charge in [-0.05, 0) is 18.1 Å². The summed E-state index contributed by atoms with van der Waals surface area (Å²) in [6, 6.07) is 9.82. The maximum absolute atomic E-state index is 12.3. The summed E-state index contributed by atoms with van der Waals surface area (Å²) in [4.78, 5) is 16.6. The zero-order chi connectivity index (χ0) is 13.1. The van der Waals surface area contributed by atoms with Gasteiger partial charge in [-0.25, -0.2) is 0 Å². The highest BCUT2D eigenvalue weighted by atomic mass is 16.1. The number of pyridine rings is 1. The molecule has 0 saturated heterocycles. The van der Waals surface area contributed by atoms with E-state index in [1.54, 1.807) is 6.20 Å². The van der Waals surface area contributed by atoms with Crippen molar-refractivity contribution in [1.82, 2.24) is 4.98 Å². The predicted molar refractivity (Wildman–Crippen MR) is 77.3 cm³/mol. The lowest BCUT2D eigenvalue weighted by molar-refractivity contribution is 0.0950. The molecule has 0 unspecified atom stereocenters. The summed E-state index contributed by atoms with van der Waals surface area (Å²) in [6.45, 7) is 0. The summed E-state index contributed by atoms with van der Waals surface area (Å²) >= 11 is 0. The van der Waals surface area contributed by atoms with Crippen LogP contribution in [0.5, 0.6) is 0 Å². The fourth-order valence-corrected chi connectivity index (χ4v) is 3.01. The van der Waals surface area contributed by atoms with Crippen LogP contribution in [0.3, 0.4) is 0 Å². The van der Waals surface area contributed by atoms with Crippen molar-refractivity contribution in [2.24, 2.45) is 5.92 Å². The number of ketones is 1. The smallest absolute Gasteiger partial charge is 0.163 e. The molecule has 1 aliphatic rings. The average Bonchev–Trinajstić information content (AvgIpc) is 2.48. The first kappa shape index (κ1) is 12.3. The quantitative estimate of drug-likeness (QED) is 0.759. The third kappa shape index (κ3) is 2.83. The zero-order valence-corrected chi connectivity index (χ0v) is 11.1. The van der Waals surface area contributed by atoms with Gasteiger partial charge in [-0.15, -0.1) is 0 Å². The highest BCUT2D eigenvalue weighted by Crippen LogP contribution is 2.27. The van der Waals surface area contributed by atoms with Gasteiger partial charge in [0.15, 0.2) is 5.78 Å². The molecule has 1 aromatic carbocycles. The number of hydrogen-bond acceptors (Lipinski definition) is 2. The molecule has 1 aromatic heterocycles. The molecule has 1 aliphatic carbocycles. The van der Waals surface area contributed by atoms with Gasteiger partial charge in [-0.1, -0.05) is 50.3 Å². The third-order valence-corrected chi connectivity index (χ3v) is 4.13. The molecule has 98 valence electrons. The van der Waals surface area contributed by atoms with Gasteiger partial charge >= 0.3 is 0 Å². The van der Waals surface area contributed by atoms with E-state index < -0.39 is 0 Å². The Morgan fingerprint density at radius 3 is 2.84 bits per heavy atom. The fraction of sp³-hybridized carbons (Fsp3) is 0.412. The molecule has 0 atom stereocenters. The Morgan fingerprint density at radius 2 is 2.00 bits per heavy atom. The van der Waals surface area contributed by atoms with E-state index in [1.807, 2.05) is 30.3 Å². The minimum atomic E-state index is 0.277. The largest absolute Gasteiger partial charge is 0.294 e. The molecule has 3 rings (SSSR count). The first-order chi connectivity index (χ1) is 9.33. The highest BCUT2D eigenvalue weighted by molar-refractivity contribution is 5.99. The van der Waals surface area contributed by atoms with Crippen molar-refractivity contribution in [1.29, 1.82) is 0 Å². The van der Waals surface area contributed by atoms with Crippen molar-refractivity contribution in [3.8, 4) is 0 Å². The Hall–Kier alpha value is -1.70. The number of fused-ring (bicyclic) bond motifs is 1. The highest BCUT2D eigenvalue weighted by Gasteiger charge is 2.18. The number of benzene rings is 1. The SMILES string of the molecule is O=C(CC1CCCCC1)c1ccc2cccnc2c1. The number of aromatic nitrogens is 1. The normalized spacial score (nSPS) is 16.6. The van der Waals surface area contributed by atoms with E-state index >= 15 is 0 Å². The molecule has 0 radical (unpaired) electrons. The Kier molecular flexibility index (Phi) is 3.58. The maximum Gasteiger partial charge on any atom is 0.163 e. The Balaban J connectivity index is 1.77. The van der Waals surface area contributed by atoms with E-state index in [4.69, 9.17) is 0 Å². The Bertz CT molecular complexity index is 585. The second-order valence-corrected chi connectivity index (χ2v) is 5.54. The second-order valence-electron chi connectivity index (χ2n) is 5.54. The number of rotatable bonds is 3. The van der Waals surface area contributed by atoms with Gasteiger partial charge in [0.25, 0.3) is 0 Å². The van der Waals surface area contributed by atoms with Crippen LogP contribution in [-0.2, 0) is 0 Å². The molecule has 1 heterocycles. The molecule has 2 aromatic rings. The summed E-state index contributed by atoms with van der Waals surface area (Å²) in [5, 5.41) is 1.09. The van der Waals surface area contributed by atoms with Crippen LogP contribution in [0.25, 0.3) is 10.9 Å². The summed E-state index contributed by atoms with van der Waals surface area (Å²) < 4.78 is 0. The van der Waals surface area contributed by atoms with Gasteiger partial charge in [0.2, 0.25) is 0 Å². The van der Waals surface area contributed by atoms with Gasteiger partial charge in [0.05, 0.1) is 5.52 Å². The number of carbonyl (C=O) groups excluding carboxylic acids is 1. The van der Waals surface area contributed by atoms with Crippen LogP contribution in [0, 0.1) is 5.92 Å². The van der Waals surface area contributed by atoms with Crippen LogP contribution in [-0.4, -0.2) is 10.8 Å². The van der Waals surface area contributed by atoms with Crippen molar-refractivity contribution < 1.29 is 4.79 Å². The predicted octanol–water partition coefficient (Wildman–Crippen LogP) is 4.39. The summed E-state index contributed by atoms with van der Waals surface area (Å²) in [5.74, 6) is 0.875. The molecule has 0 bridgehead atoms. The lowest BCUT2D eigenvalue weighted by Gasteiger charge is -2.20. The van der Waals surface area contributed by atoms with Crippen molar-refractivity contribution in [3.63, 3.8) is 0 Å². The minimum Gasteiger partial charge on any atom is -0.294 e. The van der Waals surface area contributed by atoms with Gasteiger partial charge in [-0.3, -0.25) is 9.78 Å². The summed E-state index contributed by atoms with van der Waals surface area (Å²) in [6.07, 6.45) is 8.84. The molecular formula is C17H19NO. The van der Waals surface area contributed by atoms with Crippen LogP contribution >= 0.6 is 0 Å². The van der Waals surface area contributed by atoms with E-state index in [0.717, 1.165) is 16.5 Å². The number of hydrogen-bond donors (Lipinski definition) is 0. The molecule has 0 N–H and O–H groups in total. The van der Waals surface area contributed by atoms with Gasteiger partial charge in [-0.2, -0.15) is 0 Å². The van der Waals surface area contributed by atoms with Crippen LogP contribution in [0.1, 0.15) is 48.9 Å². The summed E-state index contributed by atoms with van der Waals surface area (Å²) in [7, 11) is 0. The number of Topliss-reactive ketones (excluding diaryl/α,β-unsaturated/α-hetero) is 1. The molecular weight excluding hydrogens is 234 g/mol. The first-order valence-corrected chi connectivity index (χ1v) is 7.21.